The van der Waals surface area contributed by atoms with Crippen LogP contribution >= 0.6 is 0 Å². The maximum absolute atomic E-state index is 11.2. The minimum absolute atomic E-state index is 0.0162. The molecule has 1 rings (SSSR count). The Morgan fingerprint density at radius 2 is 2.00 bits per heavy atom. The average molecular weight is 187 g/mol. The van der Waals surface area contributed by atoms with Gasteiger partial charge in [0.2, 0.25) is 5.91 Å². The maximum atomic E-state index is 11.2. The molecule has 0 aromatic rings. The second kappa shape index (κ2) is 5.97. The molecule has 1 amide bonds. The molecule has 1 aliphatic heterocycles. The maximum Gasteiger partial charge on any atom is 0.225 e. The summed E-state index contributed by atoms with van der Waals surface area (Å²) in [5.74, 6) is 0.215. The van der Waals surface area contributed by atoms with Gasteiger partial charge in [-0.3, -0.25) is 4.79 Å². The molecule has 1 aliphatic rings. The highest BCUT2D eigenvalue weighted by atomic mass is 16.5. The Morgan fingerprint density at radius 3 is 2.31 bits per heavy atom. The summed E-state index contributed by atoms with van der Waals surface area (Å²) in [6.07, 6.45) is 1.49. The third kappa shape index (κ3) is 2.99. The minimum Gasteiger partial charge on any atom is -0.362 e. The summed E-state index contributed by atoms with van der Waals surface area (Å²) in [7, 11) is 1.65. The van der Waals surface area contributed by atoms with Gasteiger partial charge in [0, 0.05) is 26.0 Å². The number of carbonyl (C=O) groups excluding carboxylic acids is 1. The second-order valence-electron chi connectivity index (χ2n) is 3.12. The first-order valence-corrected chi connectivity index (χ1v) is 5.00. The van der Waals surface area contributed by atoms with Crippen molar-refractivity contribution in [3.8, 4) is 0 Å². The standard InChI is InChI=1S/C8H15NO2.C2H6/c1-6(2)9-7(10)4-5-8(9)11-3;1-2/h6,8H,4-5H2,1-3H3;1-2H3. The number of methoxy groups -OCH3 is 1. The highest BCUT2D eigenvalue weighted by molar-refractivity contribution is 5.78. The van der Waals surface area contributed by atoms with Crippen LogP contribution in [0.15, 0.2) is 0 Å². The van der Waals surface area contributed by atoms with Gasteiger partial charge >= 0.3 is 0 Å². The number of carbonyl (C=O) groups is 1. The molecule has 0 aliphatic carbocycles. The Kier molecular flexibility index (Phi) is 5.71. The van der Waals surface area contributed by atoms with Crippen molar-refractivity contribution in [2.45, 2.75) is 52.8 Å². The van der Waals surface area contributed by atoms with Gasteiger partial charge < -0.3 is 9.64 Å². The predicted octanol–water partition coefficient (Wildman–Crippen LogP) is 2.02. The summed E-state index contributed by atoms with van der Waals surface area (Å²) in [4.78, 5) is 13.0. The van der Waals surface area contributed by atoms with Crippen molar-refractivity contribution >= 4 is 5.91 Å². The zero-order valence-corrected chi connectivity index (χ0v) is 9.33. The van der Waals surface area contributed by atoms with Gasteiger partial charge in [-0.25, -0.2) is 0 Å². The smallest absolute Gasteiger partial charge is 0.225 e. The number of ether oxygens (including phenoxy) is 1. The van der Waals surface area contributed by atoms with E-state index in [1.165, 1.54) is 0 Å². The number of hydrogen-bond donors (Lipinski definition) is 0. The summed E-state index contributed by atoms with van der Waals surface area (Å²) < 4.78 is 5.16. The molecule has 3 nitrogen and oxygen atoms in total. The predicted molar refractivity (Wildman–Crippen MR) is 53.4 cm³/mol. The largest absolute Gasteiger partial charge is 0.362 e. The fraction of sp³-hybridized carbons (Fsp3) is 0.900. The van der Waals surface area contributed by atoms with Crippen LogP contribution in [0.1, 0.15) is 40.5 Å². The van der Waals surface area contributed by atoms with Crippen LogP contribution in [0.25, 0.3) is 0 Å². The van der Waals surface area contributed by atoms with E-state index in [4.69, 9.17) is 4.74 Å². The molecule has 1 fully saturated rings. The second-order valence-corrected chi connectivity index (χ2v) is 3.12. The third-order valence-electron chi connectivity index (χ3n) is 2.03. The van der Waals surface area contributed by atoms with Crippen LogP contribution < -0.4 is 0 Å². The highest BCUT2D eigenvalue weighted by Gasteiger charge is 2.32. The molecule has 0 N–H and O–H groups in total. The molecular weight excluding hydrogens is 166 g/mol. The van der Waals surface area contributed by atoms with Crippen molar-refractivity contribution in [1.29, 1.82) is 0 Å². The van der Waals surface area contributed by atoms with Gasteiger partial charge in [0.1, 0.15) is 6.23 Å². The molecule has 1 unspecified atom stereocenters. The van der Waals surface area contributed by atoms with Crippen LogP contribution in [0.3, 0.4) is 0 Å². The lowest BCUT2D eigenvalue weighted by molar-refractivity contribution is -0.137. The Balaban J connectivity index is 0.000000671. The van der Waals surface area contributed by atoms with Crippen molar-refractivity contribution in [3.05, 3.63) is 0 Å². The fourth-order valence-corrected chi connectivity index (χ4v) is 1.53. The van der Waals surface area contributed by atoms with Crippen LogP contribution in [-0.4, -0.2) is 30.2 Å². The van der Waals surface area contributed by atoms with Gasteiger partial charge in [0.15, 0.2) is 0 Å². The number of nitrogens with zero attached hydrogens (tertiary/aromatic N) is 1. The van der Waals surface area contributed by atoms with Crippen LogP contribution in [0.2, 0.25) is 0 Å². The molecule has 3 heteroatoms. The lowest BCUT2D eigenvalue weighted by Crippen LogP contribution is -2.39. The third-order valence-corrected chi connectivity index (χ3v) is 2.03. The minimum atomic E-state index is 0.0162. The summed E-state index contributed by atoms with van der Waals surface area (Å²) in [6, 6.07) is 0.259. The fourth-order valence-electron chi connectivity index (χ4n) is 1.53. The van der Waals surface area contributed by atoms with Crippen LogP contribution in [0.4, 0.5) is 0 Å². The van der Waals surface area contributed by atoms with E-state index in [9.17, 15) is 4.79 Å². The van der Waals surface area contributed by atoms with Gasteiger partial charge in [-0.15, -0.1) is 0 Å². The van der Waals surface area contributed by atoms with E-state index < -0.39 is 0 Å². The normalized spacial score (nSPS) is 21.8. The molecule has 0 aromatic carbocycles. The first-order chi connectivity index (χ1) is 6.16. The van der Waals surface area contributed by atoms with Gasteiger partial charge in [0.25, 0.3) is 0 Å². The van der Waals surface area contributed by atoms with E-state index in [1.54, 1.807) is 12.0 Å². The number of rotatable bonds is 2. The van der Waals surface area contributed by atoms with Crippen LogP contribution in [0, 0.1) is 0 Å². The lowest BCUT2D eigenvalue weighted by Gasteiger charge is -2.27. The Morgan fingerprint density at radius 1 is 1.46 bits per heavy atom. The molecule has 0 spiro atoms. The number of likely N-dealkylation sites (tertiary alicyclic amines) is 1. The summed E-state index contributed by atoms with van der Waals surface area (Å²) in [5.41, 5.74) is 0. The van der Waals surface area contributed by atoms with E-state index in [-0.39, 0.29) is 18.2 Å². The molecule has 0 saturated carbocycles. The molecule has 0 bridgehead atoms. The van der Waals surface area contributed by atoms with Gasteiger partial charge in [0.05, 0.1) is 0 Å². The Hall–Kier alpha value is -0.570. The van der Waals surface area contributed by atoms with Crippen LogP contribution in [-0.2, 0) is 9.53 Å². The first-order valence-electron chi connectivity index (χ1n) is 5.00. The van der Waals surface area contributed by atoms with E-state index >= 15 is 0 Å². The van der Waals surface area contributed by atoms with Crippen molar-refractivity contribution in [1.82, 2.24) is 4.90 Å². The first kappa shape index (κ1) is 12.4. The highest BCUT2D eigenvalue weighted by Crippen LogP contribution is 2.21. The van der Waals surface area contributed by atoms with E-state index in [2.05, 4.69) is 0 Å². The molecular formula is C10H21NO2. The van der Waals surface area contributed by atoms with Crippen molar-refractivity contribution in [2.24, 2.45) is 0 Å². The summed E-state index contributed by atoms with van der Waals surface area (Å²) in [5, 5.41) is 0. The molecule has 1 heterocycles. The van der Waals surface area contributed by atoms with Crippen LogP contribution in [0.5, 0.6) is 0 Å². The molecule has 1 atom stereocenters. The molecule has 78 valence electrons. The van der Waals surface area contributed by atoms with Crippen molar-refractivity contribution in [2.75, 3.05) is 7.11 Å². The molecule has 13 heavy (non-hydrogen) atoms. The zero-order chi connectivity index (χ0) is 10.4. The topological polar surface area (TPSA) is 29.5 Å². The van der Waals surface area contributed by atoms with E-state index in [0.29, 0.717) is 6.42 Å². The quantitative estimate of drug-likeness (QED) is 0.662. The van der Waals surface area contributed by atoms with E-state index in [0.717, 1.165) is 6.42 Å². The molecule has 1 saturated heterocycles. The van der Waals surface area contributed by atoms with Gasteiger partial charge in [-0.1, -0.05) is 13.8 Å². The van der Waals surface area contributed by atoms with Gasteiger partial charge in [-0.2, -0.15) is 0 Å². The Labute approximate surface area is 81.1 Å². The average Bonchev–Trinajstić information content (AvgIpc) is 2.50. The lowest BCUT2D eigenvalue weighted by atomic mass is 10.3. The monoisotopic (exact) mass is 187 g/mol. The number of hydrogen-bond acceptors (Lipinski definition) is 2. The van der Waals surface area contributed by atoms with Crippen molar-refractivity contribution in [3.63, 3.8) is 0 Å². The van der Waals surface area contributed by atoms with Crippen molar-refractivity contribution < 1.29 is 9.53 Å². The summed E-state index contributed by atoms with van der Waals surface area (Å²) >= 11 is 0. The molecule has 0 aromatic heterocycles. The molecule has 0 radical (unpaired) electrons. The van der Waals surface area contributed by atoms with Gasteiger partial charge in [-0.05, 0) is 13.8 Å². The SMILES string of the molecule is CC.COC1CCC(=O)N1C(C)C. The Bertz CT molecular complexity index is 157. The number of amides is 1. The van der Waals surface area contributed by atoms with E-state index in [1.807, 2.05) is 27.7 Å². The zero-order valence-electron chi connectivity index (χ0n) is 9.33. The summed E-state index contributed by atoms with van der Waals surface area (Å²) in [6.45, 7) is 8.02.